The Hall–Kier alpha value is -2.94. The Morgan fingerprint density at radius 1 is 1.09 bits per heavy atom. The molecule has 0 amide bonds. The van der Waals surface area contributed by atoms with Crippen molar-refractivity contribution in [3.8, 4) is 11.4 Å². The number of ether oxygens (including phenoxy) is 3. The van der Waals surface area contributed by atoms with Gasteiger partial charge in [0.05, 0.1) is 48.8 Å². The molecule has 0 aliphatic rings. The van der Waals surface area contributed by atoms with Gasteiger partial charge in [0.15, 0.2) is 5.69 Å². The summed E-state index contributed by atoms with van der Waals surface area (Å²) in [6.45, 7) is 7.84. The smallest absolute Gasteiger partial charge is 0.276 e. The molecule has 0 saturated heterocycles. The topological polar surface area (TPSA) is 115 Å². The van der Waals surface area contributed by atoms with Gasteiger partial charge in [-0.05, 0) is 30.2 Å². The lowest BCUT2D eigenvalue weighted by atomic mass is 10.1. The Morgan fingerprint density at radius 2 is 1.84 bits per heavy atom. The van der Waals surface area contributed by atoms with Crippen molar-refractivity contribution in [1.29, 1.82) is 0 Å². The number of benzene rings is 1. The fourth-order valence-electron chi connectivity index (χ4n) is 3.27. The zero-order valence-corrected chi connectivity index (χ0v) is 19.6. The van der Waals surface area contributed by atoms with Crippen LogP contribution in [0.1, 0.15) is 32.0 Å². The monoisotopic (exact) mass is 442 g/mol. The van der Waals surface area contributed by atoms with Crippen molar-refractivity contribution in [2.75, 3.05) is 46.4 Å². The summed E-state index contributed by atoms with van der Waals surface area (Å²) in [5.41, 5.74) is 11.5. The van der Waals surface area contributed by atoms with Crippen LogP contribution in [0, 0.1) is 0 Å². The standard InChI is InChI=1S/C22H28N4O4.C2H6/c1-4-16-15(11-14(12-29-3)13-30-10-9-28-2)19(23)20(24-16)21-22(27)26-18-8-6-5-7-17(18)25-21;1-2/h5-8,11,24H,4,9-10,12-13,23H2,1-3H3,(H,26,27);1-2H3/b14-11+;. The fourth-order valence-corrected chi connectivity index (χ4v) is 3.27. The van der Waals surface area contributed by atoms with Crippen molar-refractivity contribution >= 4 is 22.8 Å². The predicted molar refractivity (Wildman–Crippen MR) is 130 cm³/mol. The zero-order valence-electron chi connectivity index (χ0n) is 19.6. The van der Waals surface area contributed by atoms with E-state index in [4.69, 9.17) is 19.9 Å². The molecule has 174 valence electrons. The van der Waals surface area contributed by atoms with E-state index in [-0.39, 0.29) is 11.3 Å². The molecule has 3 aromatic rings. The lowest BCUT2D eigenvalue weighted by Gasteiger charge is -2.09. The number of fused-ring (bicyclic) bond motifs is 1. The van der Waals surface area contributed by atoms with Crippen LogP contribution in [0.4, 0.5) is 5.69 Å². The van der Waals surface area contributed by atoms with E-state index in [0.29, 0.717) is 55.3 Å². The highest BCUT2D eigenvalue weighted by atomic mass is 16.5. The number of aromatic amines is 2. The van der Waals surface area contributed by atoms with Crippen molar-refractivity contribution in [2.45, 2.75) is 27.2 Å². The first kappa shape index (κ1) is 25.3. The number of aromatic nitrogens is 3. The van der Waals surface area contributed by atoms with Crippen molar-refractivity contribution < 1.29 is 14.2 Å². The van der Waals surface area contributed by atoms with Crippen LogP contribution in [0.2, 0.25) is 0 Å². The number of hydrogen-bond donors (Lipinski definition) is 3. The maximum absolute atomic E-state index is 12.7. The summed E-state index contributed by atoms with van der Waals surface area (Å²) in [5.74, 6) is 0. The highest BCUT2D eigenvalue weighted by Gasteiger charge is 2.18. The lowest BCUT2D eigenvalue weighted by molar-refractivity contribution is 0.0773. The lowest BCUT2D eigenvalue weighted by Crippen LogP contribution is -2.12. The quantitative estimate of drug-likeness (QED) is 0.412. The molecule has 0 saturated carbocycles. The van der Waals surface area contributed by atoms with E-state index in [9.17, 15) is 4.79 Å². The van der Waals surface area contributed by atoms with Crippen molar-refractivity contribution in [3.05, 3.63) is 51.4 Å². The van der Waals surface area contributed by atoms with Gasteiger partial charge in [-0.15, -0.1) is 0 Å². The maximum Gasteiger partial charge on any atom is 0.276 e. The third-order valence-electron chi connectivity index (χ3n) is 4.75. The summed E-state index contributed by atoms with van der Waals surface area (Å²) in [7, 11) is 3.27. The highest BCUT2D eigenvalue weighted by molar-refractivity contribution is 5.84. The van der Waals surface area contributed by atoms with Gasteiger partial charge in [-0.2, -0.15) is 0 Å². The van der Waals surface area contributed by atoms with Gasteiger partial charge in [0.2, 0.25) is 0 Å². The summed E-state index contributed by atoms with van der Waals surface area (Å²) in [4.78, 5) is 23.4. The molecule has 0 spiro atoms. The SMILES string of the molecule is CC.CCc1[nH]c(-c2nc3ccccc3[nH]c2=O)c(N)c1/C=C(\COC)COCCOC. The van der Waals surface area contributed by atoms with Crippen LogP contribution in [0.15, 0.2) is 34.6 Å². The number of methoxy groups -OCH3 is 2. The number of hydrogen-bond acceptors (Lipinski definition) is 6. The maximum atomic E-state index is 12.7. The minimum absolute atomic E-state index is 0.269. The molecule has 0 unspecified atom stereocenters. The molecule has 8 heteroatoms. The number of nitrogens with one attached hydrogen (secondary N) is 2. The number of nitrogens with zero attached hydrogens (tertiary/aromatic N) is 1. The molecule has 0 fully saturated rings. The Labute approximate surface area is 188 Å². The molecule has 8 nitrogen and oxygen atoms in total. The predicted octanol–water partition coefficient (Wildman–Crippen LogP) is 3.78. The van der Waals surface area contributed by atoms with E-state index >= 15 is 0 Å². The van der Waals surface area contributed by atoms with Gasteiger partial charge in [-0.1, -0.05) is 32.9 Å². The largest absolute Gasteiger partial charge is 0.396 e. The normalized spacial score (nSPS) is 11.5. The second-order valence-corrected chi connectivity index (χ2v) is 6.87. The van der Waals surface area contributed by atoms with Crippen molar-refractivity contribution in [1.82, 2.24) is 15.0 Å². The van der Waals surface area contributed by atoms with Crippen LogP contribution in [-0.4, -0.2) is 55.6 Å². The minimum Gasteiger partial charge on any atom is -0.396 e. The Balaban J connectivity index is 0.00000176. The van der Waals surface area contributed by atoms with Gasteiger partial charge in [-0.3, -0.25) is 4.79 Å². The van der Waals surface area contributed by atoms with Crippen LogP contribution >= 0.6 is 0 Å². The van der Waals surface area contributed by atoms with E-state index in [1.807, 2.05) is 51.1 Å². The molecule has 32 heavy (non-hydrogen) atoms. The molecule has 0 atom stereocenters. The molecule has 1 aromatic carbocycles. The number of nitrogen functional groups attached to an aromatic ring is 1. The number of nitrogens with two attached hydrogens (primary N) is 1. The molecule has 0 bridgehead atoms. The Kier molecular flexibility index (Phi) is 10.1. The number of H-pyrrole nitrogens is 2. The molecule has 0 radical (unpaired) electrons. The molecule has 0 aliphatic heterocycles. The Morgan fingerprint density at radius 3 is 2.53 bits per heavy atom. The first-order valence-corrected chi connectivity index (χ1v) is 10.8. The van der Waals surface area contributed by atoms with Crippen LogP contribution in [-0.2, 0) is 20.6 Å². The molecular formula is C24H34N4O4. The van der Waals surface area contributed by atoms with Gasteiger partial charge >= 0.3 is 0 Å². The van der Waals surface area contributed by atoms with E-state index in [1.54, 1.807) is 14.2 Å². The number of aryl methyl sites for hydroxylation is 1. The van der Waals surface area contributed by atoms with E-state index in [2.05, 4.69) is 15.0 Å². The fraction of sp³-hybridized carbons (Fsp3) is 0.417. The van der Waals surface area contributed by atoms with E-state index in [1.165, 1.54) is 0 Å². The molecule has 3 rings (SSSR count). The molecular weight excluding hydrogens is 408 g/mol. The van der Waals surface area contributed by atoms with Crippen LogP contribution < -0.4 is 11.3 Å². The molecule has 0 aliphatic carbocycles. The highest BCUT2D eigenvalue weighted by Crippen LogP contribution is 2.31. The summed E-state index contributed by atoms with van der Waals surface area (Å²) in [6.07, 6.45) is 2.67. The average molecular weight is 443 g/mol. The van der Waals surface area contributed by atoms with Gasteiger partial charge in [0, 0.05) is 25.5 Å². The summed E-state index contributed by atoms with van der Waals surface area (Å²) in [5, 5.41) is 0. The van der Waals surface area contributed by atoms with Gasteiger partial charge < -0.3 is 29.9 Å². The van der Waals surface area contributed by atoms with Gasteiger partial charge in [0.25, 0.3) is 5.56 Å². The van der Waals surface area contributed by atoms with Gasteiger partial charge in [0.1, 0.15) is 0 Å². The number of anilines is 1. The van der Waals surface area contributed by atoms with Crippen LogP contribution in [0.5, 0.6) is 0 Å². The second-order valence-electron chi connectivity index (χ2n) is 6.87. The van der Waals surface area contributed by atoms with E-state index < -0.39 is 0 Å². The molecule has 2 aromatic heterocycles. The third kappa shape index (κ3) is 6.06. The average Bonchev–Trinajstić information content (AvgIpc) is 3.12. The summed E-state index contributed by atoms with van der Waals surface area (Å²) < 4.78 is 16.0. The minimum atomic E-state index is -0.292. The van der Waals surface area contributed by atoms with Crippen LogP contribution in [0.25, 0.3) is 28.5 Å². The number of rotatable bonds is 10. The van der Waals surface area contributed by atoms with Crippen molar-refractivity contribution in [2.24, 2.45) is 0 Å². The third-order valence-corrected chi connectivity index (χ3v) is 4.75. The van der Waals surface area contributed by atoms with Gasteiger partial charge in [-0.25, -0.2) is 4.98 Å². The first-order chi connectivity index (χ1) is 15.6. The zero-order chi connectivity index (χ0) is 23.5. The first-order valence-electron chi connectivity index (χ1n) is 10.8. The number of para-hydroxylation sites is 2. The molecule has 4 N–H and O–H groups in total. The van der Waals surface area contributed by atoms with Crippen molar-refractivity contribution in [3.63, 3.8) is 0 Å². The Bertz CT molecular complexity index is 1090. The summed E-state index contributed by atoms with van der Waals surface area (Å²) >= 11 is 0. The van der Waals surface area contributed by atoms with E-state index in [0.717, 1.165) is 16.8 Å². The van der Waals surface area contributed by atoms with Crippen LogP contribution in [0.3, 0.4) is 0 Å². The molecule has 2 heterocycles. The summed E-state index contributed by atoms with van der Waals surface area (Å²) in [6, 6.07) is 7.40. The second kappa shape index (κ2) is 12.8.